The van der Waals surface area contributed by atoms with Gasteiger partial charge >= 0.3 is 5.97 Å². The summed E-state index contributed by atoms with van der Waals surface area (Å²) in [6.45, 7) is 10.0. The van der Waals surface area contributed by atoms with Crippen molar-refractivity contribution < 1.29 is 29.3 Å². The molecule has 2 N–H and O–H groups in total. The smallest absolute Gasteiger partial charge is 0.327 e. The van der Waals surface area contributed by atoms with Gasteiger partial charge in [-0.1, -0.05) is 0 Å². The molecular formula is C18H31N3O6S. The summed E-state index contributed by atoms with van der Waals surface area (Å²) in [6.07, 6.45) is 0.135. The third kappa shape index (κ3) is 3.01. The maximum absolute atomic E-state index is 13.7. The van der Waals surface area contributed by atoms with Gasteiger partial charge in [-0.25, -0.2) is 4.79 Å². The van der Waals surface area contributed by atoms with Crippen LogP contribution in [0.1, 0.15) is 27.2 Å². The Balaban J connectivity index is 1.85. The molecule has 1 unspecified atom stereocenters. The Hall–Kier alpha value is -1.36. The number of carbonyl (C=O) groups is 3. The number of morpholine rings is 1. The minimum absolute atomic E-state index is 0.135. The summed E-state index contributed by atoms with van der Waals surface area (Å²) in [5.74, 6) is -1.77. The predicted molar refractivity (Wildman–Crippen MR) is 105 cm³/mol. The number of ether oxygens (including phenoxy) is 1. The fourth-order valence-electron chi connectivity index (χ4n) is 4.69. The molecule has 160 valence electrons. The number of carboxylic acids is 1. The number of aliphatic carboxylic acids is 1. The van der Waals surface area contributed by atoms with Gasteiger partial charge in [0.1, 0.15) is 6.04 Å². The van der Waals surface area contributed by atoms with Gasteiger partial charge in [0.15, 0.2) is 0 Å². The zero-order valence-electron chi connectivity index (χ0n) is 16.8. The average Bonchev–Trinajstić information content (AvgIpc) is 2.83. The molecule has 3 fully saturated rings. The van der Waals surface area contributed by atoms with Crippen molar-refractivity contribution in [2.45, 2.75) is 43.4 Å². The normalized spacial score (nSPS) is 34.3. The largest absolute Gasteiger partial charge is 0.480 e. The molecule has 0 aromatic carbocycles. The number of fused-ring (bicyclic) bond motifs is 1. The monoisotopic (exact) mass is 417 g/mol. The zero-order valence-corrected chi connectivity index (χ0v) is 17.6. The van der Waals surface area contributed by atoms with Crippen molar-refractivity contribution in [3.05, 3.63) is 0 Å². The van der Waals surface area contributed by atoms with Crippen LogP contribution in [0.5, 0.6) is 0 Å². The number of aliphatic hydroxyl groups excluding tert-OH is 1. The first kappa shape index (κ1) is 21.4. The van der Waals surface area contributed by atoms with Gasteiger partial charge in [0, 0.05) is 37.5 Å². The summed E-state index contributed by atoms with van der Waals surface area (Å²) in [5.41, 5.74) is 0. The number of likely N-dealkylation sites (N-methyl/N-ethyl adjacent to an activating group) is 1. The molecule has 3 atom stereocenters. The maximum atomic E-state index is 13.7. The lowest BCUT2D eigenvalue weighted by Crippen LogP contribution is -2.57. The van der Waals surface area contributed by atoms with E-state index in [0.29, 0.717) is 32.8 Å². The lowest BCUT2D eigenvalue weighted by Gasteiger charge is -2.51. The van der Waals surface area contributed by atoms with Crippen LogP contribution in [0.25, 0.3) is 0 Å². The molecule has 0 aromatic heterocycles. The quantitative estimate of drug-likeness (QED) is 0.599. The molecule has 0 radical (unpaired) electrons. The summed E-state index contributed by atoms with van der Waals surface area (Å²) in [6, 6.07) is -1.08. The second kappa shape index (κ2) is 7.81. The van der Waals surface area contributed by atoms with Crippen LogP contribution in [-0.2, 0) is 14.3 Å². The lowest BCUT2D eigenvalue weighted by molar-refractivity contribution is -0.157. The molecule has 3 aliphatic rings. The van der Waals surface area contributed by atoms with Crippen molar-refractivity contribution >= 4 is 27.1 Å². The van der Waals surface area contributed by atoms with Gasteiger partial charge < -0.3 is 24.7 Å². The third-order valence-electron chi connectivity index (χ3n) is 6.47. The van der Waals surface area contributed by atoms with Gasteiger partial charge in [-0.2, -0.15) is 0 Å². The van der Waals surface area contributed by atoms with Gasteiger partial charge in [0.05, 0.1) is 30.9 Å². The minimum Gasteiger partial charge on any atom is -0.480 e. The van der Waals surface area contributed by atoms with Crippen molar-refractivity contribution in [1.82, 2.24) is 14.7 Å². The number of nitrogens with zero attached hydrogens (tertiary/aromatic N) is 3. The van der Waals surface area contributed by atoms with Gasteiger partial charge in [0.25, 0.3) is 5.24 Å². The van der Waals surface area contributed by atoms with Gasteiger partial charge in [-0.05, 0) is 20.8 Å². The van der Waals surface area contributed by atoms with Crippen molar-refractivity contribution in [3.63, 3.8) is 0 Å². The second-order valence-electron chi connectivity index (χ2n) is 8.03. The average molecular weight is 418 g/mol. The summed E-state index contributed by atoms with van der Waals surface area (Å²) in [5, 5.41) is 19.5. The molecule has 0 spiro atoms. The predicted octanol–water partition coefficient (Wildman–Crippen LogP) is 0.319. The Morgan fingerprint density at radius 3 is 2.43 bits per heavy atom. The van der Waals surface area contributed by atoms with Crippen LogP contribution in [0.2, 0.25) is 0 Å². The van der Waals surface area contributed by atoms with Gasteiger partial charge in [-0.3, -0.25) is 14.5 Å². The van der Waals surface area contributed by atoms with E-state index in [9.17, 15) is 24.6 Å². The zero-order chi connectivity index (χ0) is 20.7. The topological polar surface area (TPSA) is 111 Å². The van der Waals surface area contributed by atoms with Crippen molar-refractivity contribution in [2.75, 3.05) is 51.9 Å². The van der Waals surface area contributed by atoms with E-state index in [-0.39, 0.29) is 17.6 Å². The van der Waals surface area contributed by atoms with E-state index in [1.54, 1.807) is 18.7 Å². The van der Waals surface area contributed by atoms with E-state index in [0.717, 1.165) is 13.1 Å². The standard InChI is InChI=1S/C18H31N3O6S/c1-4-20(6-5-19-7-9-27-10-8-19)17(26)28(12-22)14-11-13(23)21(14)15(16(24)25)18(28,2)3/h14-15,22H,4-12H2,1-3H3,(H,24,25)/t14-,15+/m1/s1. The first-order valence-electron chi connectivity index (χ1n) is 9.75. The molecule has 10 heteroatoms. The molecule has 2 amide bonds. The number of β-lactam (4-membered cyclic amide) rings is 1. The van der Waals surface area contributed by atoms with Gasteiger partial charge in [0.2, 0.25) is 5.91 Å². The van der Waals surface area contributed by atoms with Crippen molar-refractivity contribution in [1.29, 1.82) is 0 Å². The molecular weight excluding hydrogens is 386 g/mol. The number of hydrogen-bond donors (Lipinski definition) is 2. The molecule has 9 nitrogen and oxygen atoms in total. The van der Waals surface area contributed by atoms with Crippen LogP contribution in [0.4, 0.5) is 4.79 Å². The number of carboxylic acid groups (broad SMARTS) is 1. The summed E-state index contributed by atoms with van der Waals surface area (Å²) in [4.78, 5) is 43.1. The maximum Gasteiger partial charge on any atom is 0.327 e. The van der Waals surface area contributed by atoms with Crippen LogP contribution in [-0.4, -0.2) is 110 Å². The van der Waals surface area contributed by atoms with Crippen LogP contribution < -0.4 is 0 Å². The molecule has 0 aromatic rings. The van der Waals surface area contributed by atoms with Crippen molar-refractivity contribution in [3.8, 4) is 0 Å². The summed E-state index contributed by atoms with van der Waals surface area (Å²) in [7, 11) is -2.46. The number of rotatable bonds is 6. The number of amides is 2. The Morgan fingerprint density at radius 2 is 1.96 bits per heavy atom. The van der Waals surface area contributed by atoms with Crippen LogP contribution in [0.15, 0.2) is 0 Å². The molecule has 0 aliphatic carbocycles. The first-order chi connectivity index (χ1) is 13.2. The molecule has 28 heavy (non-hydrogen) atoms. The fourth-order valence-corrected chi connectivity index (χ4v) is 9.04. The molecule has 0 bridgehead atoms. The highest BCUT2D eigenvalue weighted by Gasteiger charge is 2.71. The van der Waals surface area contributed by atoms with Gasteiger partial charge in [-0.15, -0.1) is 10.0 Å². The molecule has 3 saturated heterocycles. The van der Waals surface area contributed by atoms with E-state index in [1.807, 2.05) is 6.92 Å². The minimum atomic E-state index is -2.46. The number of carbonyl (C=O) groups excluding carboxylic acids is 2. The Labute approximate surface area is 166 Å². The highest BCUT2D eigenvalue weighted by Crippen LogP contribution is 2.74. The number of aliphatic hydroxyl groups is 1. The SMILES string of the molecule is CCN(CCN1CCOCC1)C(=O)S1(CO)[C@@H]2CC(=O)N2[C@@H](C(=O)O)C1(C)C. The second-order valence-corrected chi connectivity index (χ2v) is 11.8. The van der Waals surface area contributed by atoms with Crippen LogP contribution in [0.3, 0.4) is 0 Å². The van der Waals surface area contributed by atoms with E-state index < -0.39 is 38.1 Å². The third-order valence-corrected chi connectivity index (χ3v) is 11.2. The molecule has 3 aliphatic heterocycles. The van der Waals surface area contributed by atoms with Crippen LogP contribution in [0, 0.1) is 0 Å². The van der Waals surface area contributed by atoms with Crippen LogP contribution >= 0.6 is 10.0 Å². The van der Waals surface area contributed by atoms with E-state index in [2.05, 4.69) is 4.90 Å². The van der Waals surface area contributed by atoms with Crippen molar-refractivity contribution in [2.24, 2.45) is 0 Å². The Bertz CT molecular complexity index is 653. The lowest BCUT2D eigenvalue weighted by atomic mass is 9.98. The highest BCUT2D eigenvalue weighted by molar-refractivity contribution is 8.46. The van der Waals surface area contributed by atoms with E-state index in [1.165, 1.54) is 4.90 Å². The highest BCUT2D eigenvalue weighted by atomic mass is 32.3. The van der Waals surface area contributed by atoms with E-state index in [4.69, 9.17) is 4.74 Å². The summed E-state index contributed by atoms with van der Waals surface area (Å²) < 4.78 is 4.35. The molecule has 3 rings (SSSR count). The molecule has 0 saturated carbocycles. The Kier molecular flexibility index (Phi) is 5.96. The first-order valence-corrected chi connectivity index (χ1v) is 11.6. The molecule has 3 heterocycles. The Morgan fingerprint density at radius 1 is 1.32 bits per heavy atom. The fraction of sp³-hybridized carbons (Fsp3) is 0.833. The number of hydrogen-bond acceptors (Lipinski definition) is 6. The summed E-state index contributed by atoms with van der Waals surface area (Å²) >= 11 is 0. The van der Waals surface area contributed by atoms with E-state index >= 15 is 0 Å².